The number of anilines is 1. The van der Waals surface area contributed by atoms with Crippen molar-refractivity contribution in [2.75, 3.05) is 5.32 Å². The van der Waals surface area contributed by atoms with E-state index >= 15 is 0 Å². The van der Waals surface area contributed by atoms with E-state index in [0.717, 1.165) is 19.4 Å². The summed E-state index contributed by atoms with van der Waals surface area (Å²) in [5.74, 6) is -0.350. The summed E-state index contributed by atoms with van der Waals surface area (Å²) in [5, 5.41) is 5.84. The zero-order chi connectivity index (χ0) is 18.6. The number of hydrogen-bond acceptors (Lipinski definition) is 2. The molecule has 2 amide bonds. The van der Waals surface area contributed by atoms with Gasteiger partial charge in [0.1, 0.15) is 5.82 Å². The highest BCUT2D eigenvalue weighted by atomic mass is 19.1. The molecule has 2 N–H and O–H groups in total. The predicted molar refractivity (Wildman–Crippen MR) is 105 cm³/mol. The molecular weight excluding hydrogens is 341 g/mol. The van der Waals surface area contributed by atoms with Crippen molar-refractivity contribution < 1.29 is 9.18 Å². The molecule has 4 rings (SSSR count). The lowest BCUT2D eigenvalue weighted by atomic mass is 9.81. The lowest BCUT2D eigenvalue weighted by Crippen LogP contribution is -2.56. The molecule has 2 unspecified atom stereocenters. The smallest absolute Gasteiger partial charge is 0.319 e. The Hall–Kier alpha value is -2.40. The van der Waals surface area contributed by atoms with Crippen LogP contribution in [0.25, 0.3) is 0 Å². The zero-order valence-corrected chi connectivity index (χ0v) is 15.4. The van der Waals surface area contributed by atoms with Crippen LogP contribution in [-0.2, 0) is 6.54 Å². The van der Waals surface area contributed by atoms with Crippen LogP contribution in [0, 0.1) is 5.82 Å². The Labute approximate surface area is 159 Å². The summed E-state index contributed by atoms with van der Waals surface area (Å²) in [5.41, 5.74) is 1.83. The first-order chi connectivity index (χ1) is 13.2. The number of carbonyl (C=O) groups is 1. The molecule has 0 radical (unpaired) electrons. The van der Waals surface area contributed by atoms with Gasteiger partial charge in [-0.15, -0.1) is 0 Å². The van der Waals surface area contributed by atoms with E-state index in [-0.39, 0.29) is 17.9 Å². The molecule has 4 nitrogen and oxygen atoms in total. The maximum absolute atomic E-state index is 13.3. The summed E-state index contributed by atoms with van der Waals surface area (Å²) in [4.78, 5) is 15.0. The summed E-state index contributed by atoms with van der Waals surface area (Å²) < 4.78 is 13.3. The van der Waals surface area contributed by atoms with Gasteiger partial charge >= 0.3 is 6.03 Å². The Morgan fingerprint density at radius 3 is 2.48 bits per heavy atom. The van der Waals surface area contributed by atoms with E-state index in [1.807, 2.05) is 0 Å². The maximum atomic E-state index is 13.3. The van der Waals surface area contributed by atoms with Crippen LogP contribution in [0.3, 0.4) is 0 Å². The van der Waals surface area contributed by atoms with E-state index in [1.54, 1.807) is 12.1 Å². The molecule has 2 bridgehead atoms. The van der Waals surface area contributed by atoms with Gasteiger partial charge in [0.15, 0.2) is 0 Å². The van der Waals surface area contributed by atoms with E-state index in [0.29, 0.717) is 17.8 Å². The van der Waals surface area contributed by atoms with Crippen molar-refractivity contribution in [2.45, 2.75) is 56.8 Å². The molecule has 2 aliphatic heterocycles. The fraction of sp³-hybridized carbons (Fsp3) is 0.409. The number of benzene rings is 2. The van der Waals surface area contributed by atoms with Crippen molar-refractivity contribution in [3.63, 3.8) is 0 Å². The number of carbonyl (C=O) groups excluding carboxylic acids is 1. The molecule has 2 aliphatic rings. The summed E-state index contributed by atoms with van der Waals surface area (Å²) in [6.07, 6.45) is 5.59. The molecule has 0 aliphatic carbocycles. The van der Waals surface area contributed by atoms with Crippen LogP contribution < -0.4 is 10.6 Å². The van der Waals surface area contributed by atoms with Gasteiger partial charge in [-0.3, -0.25) is 4.90 Å². The molecule has 142 valence electrons. The standard InChI is InChI=1S/C22H26FN3O/c23-17-8-4-9-18(12-17)24-22(27)25-19-13-20-10-5-11-21(14-19)26(20)15-16-6-2-1-3-7-16/h1-4,6-9,12,19-21H,5,10-11,13-15H2,(H2,24,25,27). The molecule has 2 aromatic carbocycles. The van der Waals surface area contributed by atoms with Crippen molar-refractivity contribution in [3.8, 4) is 0 Å². The number of amides is 2. The molecule has 2 aromatic rings. The Morgan fingerprint density at radius 1 is 1.04 bits per heavy atom. The average Bonchev–Trinajstić information content (AvgIpc) is 2.63. The zero-order valence-electron chi connectivity index (χ0n) is 15.4. The second-order valence-corrected chi connectivity index (χ2v) is 7.67. The van der Waals surface area contributed by atoms with Crippen LogP contribution >= 0.6 is 0 Å². The molecule has 0 aromatic heterocycles. The van der Waals surface area contributed by atoms with Crippen molar-refractivity contribution >= 4 is 11.7 Å². The topological polar surface area (TPSA) is 44.4 Å². The number of nitrogens with zero attached hydrogens (tertiary/aromatic N) is 1. The highest BCUT2D eigenvalue weighted by Gasteiger charge is 2.38. The molecule has 27 heavy (non-hydrogen) atoms. The second-order valence-electron chi connectivity index (χ2n) is 7.67. The second kappa shape index (κ2) is 8.09. The molecule has 2 heterocycles. The Kier molecular flexibility index (Phi) is 5.39. The SMILES string of the molecule is O=C(Nc1cccc(F)c1)NC1CC2CCCC(C1)N2Cc1ccccc1. The maximum Gasteiger partial charge on any atom is 0.319 e. The minimum atomic E-state index is -0.350. The number of piperidine rings is 2. The van der Waals surface area contributed by atoms with Crippen molar-refractivity contribution in [3.05, 3.63) is 66.0 Å². The van der Waals surface area contributed by atoms with Gasteiger partial charge in [-0.1, -0.05) is 42.8 Å². The van der Waals surface area contributed by atoms with Crippen LogP contribution in [0.2, 0.25) is 0 Å². The van der Waals surface area contributed by atoms with Gasteiger partial charge in [0, 0.05) is 30.4 Å². The summed E-state index contributed by atoms with van der Waals surface area (Å²) in [7, 11) is 0. The van der Waals surface area contributed by atoms with Gasteiger partial charge in [-0.25, -0.2) is 9.18 Å². The number of hydrogen-bond donors (Lipinski definition) is 2. The van der Waals surface area contributed by atoms with E-state index in [4.69, 9.17) is 0 Å². The minimum Gasteiger partial charge on any atom is -0.335 e. The Morgan fingerprint density at radius 2 is 1.78 bits per heavy atom. The highest BCUT2D eigenvalue weighted by molar-refractivity contribution is 5.89. The van der Waals surface area contributed by atoms with Crippen molar-refractivity contribution in [2.24, 2.45) is 0 Å². The molecule has 2 atom stereocenters. The number of rotatable bonds is 4. The first-order valence-corrected chi connectivity index (χ1v) is 9.80. The Bertz CT molecular complexity index is 768. The van der Waals surface area contributed by atoms with E-state index in [9.17, 15) is 9.18 Å². The molecule has 5 heteroatoms. The minimum absolute atomic E-state index is 0.167. The average molecular weight is 367 g/mol. The van der Waals surface area contributed by atoms with Crippen LogP contribution in [0.1, 0.15) is 37.7 Å². The highest BCUT2D eigenvalue weighted by Crippen LogP contribution is 2.35. The fourth-order valence-electron chi connectivity index (χ4n) is 4.57. The third kappa shape index (κ3) is 4.48. The normalized spacial score (nSPS) is 25.0. The van der Waals surface area contributed by atoms with Crippen molar-refractivity contribution in [1.29, 1.82) is 0 Å². The first kappa shape index (κ1) is 18.0. The number of urea groups is 1. The first-order valence-electron chi connectivity index (χ1n) is 9.80. The molecule has 2 saturated heterocycles. The van der Waals surface area contributed by atoms with Gasteiger partial charge in [0.05, 0.1) is 0 Å². The molecule has 0 spiro atoms. The van der Waals surface area contributed by atoms with Gasteiger partial charge in [0.2, 0.25) is 0 Å². The lowest BCUT2D eigenvalue weighted by molar-refractivity contribution is 0.0200. The third-order valence-corrected chi connectivity index (χ3v) is 5.75. The predicted octanol–water partition coefficient (Wildman–Crippen LogP) is 4.53. The van der Waals surface area contributed by atoms with Gasteiger partial charge in [-0.05, 0) is 49.4 Å². The molecular formula is C22H26FN3O. The molecule has 0 saturated carbocycles. The van der Waals surface area contributed by atoms with Crippen LogP contribution in [-0.4, -0.2) is 29.1 Å². The fourth-order valence-corrected chi connectivity index (χ4v) is 4.57. The van der Waals surface area contributed by atoms with E-state index in [1.165, 1.54) is 37.0 Å². The number of nitrogens with one attached hydrogen (secondary N) is 2. The summed E-state index contributed by atoms with van der Waals surface area (Å²) in [6.45, 7) is 0.985. The van der Waals surface area contributed by atoms with Crippen LogP contribution in [0.5, 0.6) is 0 Å². The van der Waals surface area contributed by atoms with Crippen LogP contribution in [0.15, 0.2) is 54.6 Å². The van der Waals surface area contributed by atoms with E-state index in [2.05, 4.69) is 45.9 Å². The Balaban J connectivity index is 1.36. The third-order valence-electron chi connectivity index (χ3n) is 5.75. The summed E-state index contributed by atoms with van der Waals surface area (Å²) >= 11 is 0. The summed E-state index contributed by atoms with van der Waals surface area (Å²) in [6, 6.07) is 17.5. The lowest BCUT2D eigenvalue weighted by Gasteiger charge is -2.49. The largest absolute Gasteiger partial charge is 0.335 e. The van der Waals surface area contributed by atoms with E-state index < -0.39 is 0 Å². The van der Waals surface area contributed by atoms with Crippen molar-refractivity contribution in [1.82, 2.24) is 10.2 Å². The number of fused-ring (bicyclic) bond motifs is 2. The van der Waals surface area contributed by atoms with Gasteiger partial charge in [-0.2, -0.15) is 0 Å². The van der Waals surface area contributed by atoms with Gasteiger partial charge < -0.3 is 10.6 Å². The van der Waals surface area contributed by atoms with Crippen LogP contribution in [0.4, 0.5) is 14.9 Å². The van der Waals surface area contributed by atoms with Gasteiger partial charge in [0.25, 0.3) is 0 Å². The monoisotopic (exact) mass is 367 g/mol. The quantitative estimate of drug-likeness (QED) is 0.834. The number of halogens is 1. The molecule has 2 fully saturated rings.